The summed E-state index contributed by atoms with van der Waals surface area (Å²) in [5, 5.41) is 0. The van der Waals surface area contributed by atoms with Crippen molar-refractivity contribution in [2.45, 2.75) is 26.2 Å². The highest BCUT2D eigenvalue weighted by Gasteiger charge is 2.24. The Bertz CT molecular complexity index is 116. The van der Waals surface area contributed by atoms with Crippen molar-refractivity contribution in [3.63, 3.8) is 0 Å². The van der Waals surface area contributed by atoms with Gasteiger partial charge in [0.25, 0.3) is 0 Å². The van der Waals surface area contributed by atoms with Gasteiger partial charge in [-0.3, -0.25) is 0 Å². The Morgan fingerprint density at radius 1 is 1.17 bits per heavy atom. The molecule has 74 valence electrons. The van der Waals surface area contributed by atoms with Crippen molar-refractivity contribution < 1.29 is 12.9 Å². The van der Waals surface area contributed by atoms with Gasteiger partial charge < -0.3 is 17.8 Å². The van der Waals surface area contributed by atoms with Crippen molar-refractivity contribution in [1.29, 1.82) is 0 Å². The molecule has 0 aromatic heterocycles. The number of halogens is 3. The molecule has 0 spiro atoms. The molecule has 0 aliphatic heterocycles. The number of rotatable bonds is 6. The Morgan fingerprint density at radius 3 is 2.17 bits per heavy atom. The molecule has 0 unspecified atom stereocenters. The van der Waals surface area contributed by atoms with Crippen LogP contribution >= 0.6 is 0 Å². The summed E-state index contributed by atoms with van der Waals surface area (Å²) in [5.74, 6) is 0. The Morgan fingerprint density at radius 2 is 1.75 bits per heavy atom. The monoisotopic (exact) mass is 182 g/mol. The quantitative estimate of drug-likeness (QED) is 0.450. The molecule has 0 aliphatic carbocycles. The van der Waals surface area contributed by atoms with Gasteiger partial charge in [-0.15, -0.1) is 0 Å². The van der Waals surface area contributed by atoms with E-state index in [0.717, 1.165) is 19.3 Å². The Balaban J connectivity index is 3.40. The van der Waals surface area contributed by atoms with Crippen molar-refractivity contribution in [2.24, 2.45) is 0 Å². The average Bonchev–Trinajstić information content (AvgIpc) is 1.84. The Kier molecular flexibility index (Phi) is 5.37. The molecule has 12 heavy (non-hydrogen) atoms. The minimum absolute atomic E-state index is 0.551. The lowest BCUT2D eigenvalue weighted by atomic mass is 9.91. The van der Waals surface area contributed by atoms with Crippen molar-refractivity contribution >= 4 is 6.98 Å². The van der Waals surface area contributed by atoms with Gasteiger partial charge in [0.15, 0.2) is 0 Å². The molecule has 5 heteroatoms. The molecular weight excluding hydrogens is 166 g/mol. The zero-order valence-corrected chi connectivity index (χ0v) is 7.69. The fourth-order valence-electron chi connectivity index (χ4n) is 1.08. The van der Waals surface area contributed by atoms with Crippen molar-refractivity contribution in [1.82, 2.24) is 4.90 Å². The highest BCUT2D eigenvalue weighted by atomic mass is 19.4. The van der Waals surface area contributed by atoms with E-state index in [9.17, 15) is 12.9 Å². The van der Waals surface area contributed by atoms with E-state index in [2.05, 4.69) is 0 Å². The third kappa shape index (κ3) is 7.92. The molecule has 0 N–H and O–H groups in total. The first-order valence-corrected chi connectivity index (χ1v) is 4.35. The lowest BCUT2D eigenvalue weighted by Crippen LogP contribution is -2.35. The van der Waals surface area contributed by atoms with Gasteiger partial charge in [-0.2, -0.15) is 0 Å². The van der Waals surface area contributed by atoms with E-state index in [1.807, 2.05) is 6.92 Å². The van der Waals surface area contributed by atoms with Crippen LogP contribution in [0.5, 0.6) is 0 Å². The van der Waals surface area contributed by atoms with E-state index in [-0.39, 0.29) is 0 Å². The largest absolute Gasteiger partial charge is 0.492 e. The van der Waals surface area contributed by atoms with Gasteiger partial charge in [0.1, 0.15) is 0 Å². The molecule has 0 rings (SSSR count). The number of unbranched alkanes of at least 4 members (excludes halogenated alkanes) is 2. The third-order valence-electron chi connectivity index (χ3n) is 1.66. The molecule has 0 fully saturated rings. The van der Waals surface area contributed by atoms with E-state index < -0.39 is 13.4 Å². The fourth-order valence-corrected chi connectivity index (χ4v) is 1.08. The van der Waals surface area contributed by atoms with Gasteiger partial charge >= 0.3 is 6.98 Å². The molecule has 0 amide bonds. The van der Waals surface area contributed by atoms with Crippen LogP contribution in [0.1, 0.15) is 26.2 Å². The molecule has 0 bridgehead atoms. The smallest absolute Gasteiger partial charge is 0.448 e. The van der Waals surface area contributed by atoms with E-state index in [0.29, 0.717) is 6.54 Å². The first-order valence-electron chi connectivity index (χ1n) is 4.35. The summed E-state index contributed by atoms with van der Waals surface area (Å²) >= 11 is 0. The zero-order valence-electron chi connectivity index (χ0n) is 7.69. The summed E-state index contributed by atoms with van der Waals surface area (Å²) in [6, 6.07) is 0. The maximum atomic E-state index is 11.8. The second kappa shape index (κ2) is 5.46. The Hall–Kier alpha value is -0.185. The van der Waals surface area contributed by atoms with Crippen LogP contribution in [0.3, 0.4) is 0 Å². The minimum Gasteiger partial charge on any atom is -0.448 e. The van der Waals surface area contributed by atoms with Crippen LogP contribution in [-0.2, 0) is 0 Å². The molecule has 0 saturated heterocycles. The molecule has 0 radical (unpaired) electrons. The predicted octanol–water partition coefficient (Wildman–Crippen LogP) is 2.50. The molecule has 0 aromatic rings. The van der Waals surface area contributed by atoms with Gasteiger partial charge in [0.2, 0.25) is 0 Å². The zero-order chi connectivity index (χ0) is 9.61. The molecule has 1 nitrogen and oxygen atoms in total. The van der Waals surface area contributed by atoms with E-state index in [1.54, 1.807) is 0 Å². The van der Waals surface area contributed by atoms with E-state index in [4.69, 9.17) is 0 Å². The van der Waals surface area contributed by atoms with Crippen LogP contribution in [0.15, 0.2) is 0 Å². The first kappa shape index (κ1) is 11.8. The average molecular weight is 182 g/mol. The number of hydrogen-bond donors (Lipinski definition) is 0. The van der Waals surface area contributed by atoms with Gasteiger partial charge in [-0.25, -0.2) is 0 Å². The van der Waals surface area contributed by atoms with Gasteiger partial charge in [-0.1, -0.05) is 19.8 Å². The topological polar surface area (TPSA) is 3.24 Å². The second-order valence-electron chi connectivity index (χ2n) is 3.18. The van der Waals surface area contributed by atoms with Gasteiger partial charge in [-0.05, 0) is 26.5 Å². The normalized spacial score (nSPS) is 12.5. The van der Waals surface area contributed by atoms with Crippen molar-refractivity contribution in [3.8, 4) is 0 Å². The second-order valence-corrected chi connectivity index (χ2v) is 3.18. The molecule has 0 aliphatic rings. The maximum Gasteiger partial charge on any atom is 0.492 e. The summed E-state index contributed by atoms with van der Waals surface area (Å²) in [6.07, 6.45) is 2.18. The highest BCUT2D eigenvalue weighted by molar-refractivity contribution is 6.58. The minimum atomic E-state index is -4.64. The maximum absolute atomic E-state index is 11.8. The van der Waals surface area contributed by atoms with Gasteiger partial charge in [0.05, 0.1) is 0 Å². The summed E-state index contributed by atoms with van der Waals surface area (Å²) in [5.41, 5.74) is 0. The van der Waals surface area contributed by atoms with Crippen LogP contribution in [-0.4, -0.2) is 31.9 Å². The fraction of sp³-hybridized carbons (Fsp3) is 1.00. The van der Waals surface area contributed by atoms with Crippen molar-refractivity contribution in [3.05, 3.63) is 0 Å². The molecule has 0 heterocycles. The summed E-state index contributed by atoms with van der Waals surface area (Å²) in [7, 11) is 1.52. The standard InChI is InChI=1S/C7H16BF3N/c1-3-4-5-6-12(2)7-8(9,10)11/h3-7H2,1-2H3/q-1. The molecular formula is C7H16BF3N-. The van der Waals surface area contributed by atoms with Crippen molar-refractivity contribution in [2.75, 3.05) is 20.0 Å². The summed E-state index contributed by atoms with van der Waals surface area (Å²) in [6.45, 7) is -2.05. The van der Waals surface area contributed by atoms with Gasteiger partial charge in [0, 0.05) is 0 Å². The van der Waals surface area contributed by atoms with E-state index in [1.165, 1.54) is 11.9 Å². The summed E-state index contributed by atoms with van der Waals surface area (Å²) in [4.78, 5) is 1.34. The van der Waals surface area contributed by atoms with Crippen LogP contribution in [0.4, 0.5) is 12.9 Å². The third-order valence-corrected chi connectivity index (χ3v) is 1.66. The highest BCUT2D eigenvalue weighted by Crippen LogP contribution is 2.09. The van der Waals surface area contributed by atoms with Crippen LogP contribution < -0.4 is 0 Å². The first-order chi connectivity index (χ1) is 5.45. The molecule has 0 saturated carbocycles. The van der Waals surface area contributed by atoms with Crippen LogP contribution in [0, 0.1) is 0 Å². The Labute approximate surface area is 72.0 Å². The lowest BCUT2D eigenvalue weighted by Gasteiger charge is -2.23. The molecule has 0 atom stereocenters. The lowest BCUT2D eigenvalue weighted by molar-refractivity contribution is 0.321. The molecule has 0 aromatic carbocycles. The van der Waals surface area contributed by atoms with Crippen LogP contribution in [0.2, 0.25) is 0 Å². The number of nitrogens with zero attached hydrogens (tertiary/aromatic N) is 1. The number of hydrogen-bond acceptors (Lipinski definition) is 1. The SMILES string of the molecule is CCCCCN(C)C[B-](F)(F)F. The summed E-state index contributed by atoms with van der Waals surface area (Å²) < 4.78 is 35.5. The predicted molar refractivity (Wildman–Crippen MR) is 46.1 cm³/mol. The van der Waals surface area contributed by atoms with E-state index >= 15 is 0 Å². The van der Waals surface area contributed by atoms with Crippen LogP contribution in [0.25, 0.3) is 0 Å².